The highest BCUT2D eigenvalue weighted by Crippen LogP contribution is 2.32. The zero-order chi connectivity index (χ0) is 10.1. The van der Waals surface area contributed by atoms with Gasteiger partial charge in [-0.2, -0.15) is 5.26 Å². The van der Waals surface area contributed by atoms with Gasteiger partial charge in [0.1, 0.15) is 10.9 Å². The zero-order valence-electron chi connectivity index (χ0n) is 7.75. The molecular weight excluding hydrogens is 218 g/mol. The normalized spacial score (nSPS) is 25.2. The van der Waals surface area contributed by atoms with E-state index < -0.39 is 0 Å². The average Bonchev–Trinajstić information content (AvgIpc) is 2.43. The lowest BCUT2D eigenvalue weighted by atomic mass is 9.82. The number of hydrogen-bond acceptors (Lipinski definition) is 4. The van der Waals surface area contributed by atoms with Gasteiger partial charge in [0.05, 0.1) is 0 Å². The molecule has 1 heterocycles. The molecule has 1 aromatic heterocycles. The van der Waals surface area contributed by atoms with Crippen LogP contribution in [0.25, 0.3) is 0 Å². The van der Waals surface area contributed by atoms with Crippen molar-refractivity contribution in [1.29, 1.82) is 5.26 Å². The molecule has 1 fully saturated rings. The molecule has 0 spiro atoms. The molecular formula is C9H10ClN3S. The van der Waals surface area contributed by atoms with Crippen LogP contribution in [0.4, 0.5) is 5.13 Å². The highest BCUT2D eigenvalue weighted by atomic mass is 35.5. The molecule has 0 aliphatic heterocycles. The van der Waals surface area contributed by atoms with Crippen molar-refractivity contribution in [2.45, 2.75) is 25.8 Å². The Morgan fingerprint density at radius 3 is 2.86 bits per heavy atom. The summed E-state index contributed by atoms with van der Waals surface area (Å²) in [5.74, 6) is 0.804. The number of thiazole rings is 1. The van der Waals surface area contributed by atoms with Crippen LogP contribution in [-0.2, 0) is 0 Å². The fourth-order valence-corrected chi connectivity index (χ4v) is 2.65. The number of nitriles is 1. The fourth-order valence-electron chi connectivity index (χ4n) is 1.63. The van der Waals surface area contributed by atoms with Gasteiger partial charge in [0.15, 0.2) is 10.3 Å². The first-order valence-electron chi connectivity index (χ1n) is 4.52. The molecule has 0 atom stereocenters. The van der Waals surface area contributed by atoms with Gasteiger partial charge in [-0.3, -0.25) is 0 Å². The molecule has 0 saturated heterocycles. The maximum absolute atomic E-state index is 8.69. The van der Waals surface area contributed by atoms with Crippen LogP contribution in [0, 0.1) is 17.2 Å². The van der Waals surface area contributed by atoms with E-state index in [-0.39, 0.29) is 0 Å². The molecule has 1 aliphatic carbocycles. The molecule has 0 bridgehead atoms. The summed E-state index contributed by atoms with van der Waals surface area (Å²) in [7, 11) is 0. The maximum atomic E-state index is 8.69. The second-order valence-corrected chi connectivity index (χ2v) is 5.03. The van der Waals surface area contributed by atoms with E-state index in [1.54, 1.807) is 0 Å². The molecule has 1 saturated carbocycles. The monoisotopic (exact) mass is 227 g/mol. The van der Waals surface area contributed by atoms with E-state index in [0.717, 1.165) is 11.0 Å². The molecule has 0 aromatic carbocycles. The Morgan fingerprint density at radius 1 is 1.64 bits per heavy atom. The summed E-state index contributed by atoms with van der Waals surface area (Å²) in [6.07, 6.45) is 2.36. The van der Waals surface area contributed by atoms with Crippen molar-refractivity contribution < 1.29 is 0 Å². The summed E-state index contributed by atoms with van der Waals surface area (Å²) in [5.41, 5.74) is 0. The summed E-state index contributed by atoms with van der Waals surface area (Å²) in [6.45, 7) is 2.23. The summed E-state index contributed by atoms with van der Waals surface area (Å²) in [5, 5.41) is 13.0. The van der Waals surface area contributed by atoms with Crippen molar-refractivity contribution in [2.75, 3.05) is 5.32 Å². The molecule has 0 amide bonds. The minimum Gasteiger partial charge on any atom is -0.359 e. The van der Waals surface area contributed by atoms with E-state index in [9.17, 15) is 0 Å². The van der Waals surface area contributed by atoms with Gasteiger partial charge >= 0.3 is 0 Å². The first kappa shape index (κ1) is 9.75. The first-order chi connectivity index (χ1) is 6.69. The molecule has 0 radical (unpaired) electrons. The van der Waals surface area contributed by atoms with Crippen LogP contribution in [0.15, 0.2) is 0 Å². The van der Waals surface area contributed by atoms with Gasteiger partial charge in [0.2, 0.25) is 0 Å². The van der Waals surface area contributed by atoms with Crippen LogP contribution in [-0.4, -0.2) is 11.0 Å². The number of nitrogens with zero attached hydrogens (tertiary/aromatic N) is 2. The van der Waals surface area contributed by atoms with Gasteiger partial charge in [0, 0.05) is 6.04 Å². The van der Waals surface area contributed by atoms with E-state index in [2.05, 4.69) is 17.2 Å². The van der Waals surface area contributed by atoms with Crippen LogP contribution >= 0.6 is 22.9 Å². The maximum Gasteiger partial charge on any atom is 0.185 e. The molecule has 1 N–H and O–H groups in total. The molecule has 14 heavy (non-hydrogen) atoms. The highest BCUT2D eigenvalue weighted by Gasteiger charge is 2.26. The molecule has 1 aliphatic rings. The Bertz CT molecular complexity index is 376. The van der Waals surface area contributed by atoms with Crippen molar-refractivity contribution in [1.82, 2.24) is 4.98 Å². The molecule has 1 aromatic rings. The first-order valence-corrected chi connectivity index (χ1v) is 5.71. The standard InChI is InChI=1S/C9H10ClN3S/c1-5-2-6(3-5)12-9-13-8(10)7(4-11)14-9/h5-6H,2-3H2,1H3,(H,12,13). The van der Waals surface area contributed by atoms with E-state index in [1.807, 2.05) is 6.07 Å². The molecule has 2 rings (SSSR count). The number of hydrogen-bond donors (Lipinski definition) is 1. The van der Waals surface area contributed by atoms with E-state index >= 15 is 0 Å². The van der Waals surface area contributed by atoms with Crippen molar-refractivity contribution in [3.05, 3.63) is 10.0 Å². The number of halogens is 1. The lowest BCUT2D eigenvalue weighted by Gasteiger charge is -2.32. The van der Waals surface area contributed by atoms with E-state index in [1.165, 1.54) is 24.2 Å². The predicted octanol–water partition coefficient (Wildman–Crippen LogP) is 2.88. The van der Waals surface area contributed by atoms with Gasteiger partial charge in [-0.05, 0) is 18.8 Å². The highest BCUT2D eigenvalue weighted by molar-refractivity contribution is 7.16. The summed E-state index contributed by atoms with van der Waals surface area (Å²) >= 11 is 7.08. The lowest BCUT2D eigenvalue weighted by Crippen LogP contribution is -2.33. The fraction of sp³-hybridized carbons (Fsp3) is 0.556. The van der Waals surface area contributed by atoms with Crippen molar-refractivity contribution in [3.8, 4) is 6.07 Å². The Kier molecular flexibility index (Phi) is 2.62. The summed E-state index contributed by atoms with van der Waals surface area (Å²) in [4.78, 5) is 4.57. The van der Waals surface area contributed by atoms with Crippen LogP contribution < -0.4 is 5.32 Å². The third kappa shape index (κ3) is 1.84. The molecule has 5 heteroatoms. The van der Waals surface area contributed by atoms with Gasteiger partial charge in [0.25, 0.3) is 0 Å². The Hall–Kier alpha value is -0.790. The van der Waals surface area contributed by atoms with Crippen LogP contribution in [0.1, 0.15) is 24.6 Å². The largest absolute Gasteiger partial charge is 0.359 e. The van der Waals surface area contributed by atoms with Crippen LogP contribution in [0.5, 0.6) is 0 Å². The average molecular weight is 228 g/mol. The van der Waals surface area contributed by atoms with Gasteiger partial charge in [-0.15, -0.1) is 0 Å². The van der Waals surface area contributed by atoms with Crippen LogP contribution in [0.3, 0.4) is 0 Å². The van der Waals surface area contributed by atoms with Gasteiger partial charge < -0.3 is 5.32 Å². The Balaban J connectivity index is 2.00. The minimum absolute atomic E-state index is 0.312. The smallest absolute Gasteiger partial charge is 0.185 e. The molecule has 3 nitrogen and oxygen atoms in total. The Labute approximate surface area is 91.7 Å². The third-order valence-corrected chi connectivity index (χ3v) is 3.67. The van der Waals surface area contributed by atoms with Crippen molar-refractivity contribution in [2.24, 2.45) is 5.92 Å². The predicted molar refractivity (Wildman–Crippen MR) is 57.6 cm³/mol. The third-order valence-electron chi connectivity index (χ3n) is 2.39. The number of nitrogens with one attached hydrogen (secondary N) is 1. The van der Waals surface area contributed by atoms with E-state index in [0.29, 0.717) is 16.1 Å². The number of rotatable bonds is 2. The zero-order valence-corrected chi connectivity index (χ0v) is 9.32. The van der Waals surface area contributed by atoms with Crippen LogP contribution in [0.2, 0.25) is 5.15 Å². The molecule has 0 unspecified atom stereocenters. The second-order valence-electron chi connectivity index (χ2n) is 3.67. The SMILES string of the molecule is CC1CC(Nc2nc(Cl)c(C#N)s2)C1. The Morgan fingerprint density at radius 2 is 2.36 bits per heavy atom. The number of anilines is 1. The summed E-state index contributed by atoms with van der Waals surface area (Å²) in [6, 6.07) is 2.53. The topological polar surface area (TPSA) is 48.7 Å². The number of aromatic nitrogens is 1. The van der Waals surface area contributed by atoms with Crippen molar-refractivity contribution in [3.63, 3.8) is 0 Å². The van der Waals surface area contributed by atoms with Gasteiger partial charge in [-0.1, -0.05) is 29.9 Å². The van der Waals surface area contributed by atoms with E-state index in [4.69, 9.17) is 16.9 Å². The van der Waals surface area contributed by atoms with Crippen molar-refractivity contribution >= 4 is 28.1 Å². The summed E-state index contributed by atoms with van der Waals surface area (Å²) < 4.78 is 0. The molecule has 74 valence electrons. The van der Waals surface area contributed by atoms with Gasteiger partial charge in [-0.25, -0.2) is 4.98 Å². The lowest BCUT2D eigenvalue weighted by molar-refractivity contribution is 0.309. The second kappa shape index (κ2) is 3.76. The quantitative estimate of drug-likeness (QED) is 0.845. The minimum atomic E-state index is 0.312.